The smallest absolute Gasteiger partial charge is 0.0645 e. The van der Waals surface area contributed by atoms with Crippen molar-refractivity contribution in [3.8, 4) is 0 Å². The van der Waals surface area contributed by atoms with E-state index in [2.05, 4.69) is 53.2 Å². The zero-order valence-electron chi connectivity index (χ0n) is 10.6. The molecular weight excluding hydrogens is 210 g/mol. The van der Waals surface area contributed by atoms with Crippen LogP contribution >= 0.6 is 0 Å². The standard InChI is InChI=1S/C14H19N3/c1-11-5-4-7-16-14(11)10-17-8-6-13(9-17)12(2)15-3/h4-9,12,15H,10H2,1-3H3. The lowest BCUT2D eigenvalue weighted by Gasteiger charge is -2.08. The molecule has 0 amide bonds. The molecule has 0 saturated heterocycles. The average Bonchev–Trinajstić information content (AvgIpc) is 2.80. The Hall–Kier alpha value is -1.61. The van der Waals surface area contributed by atoms with Crippen LogP contribution in [-0.4, -0.2) is 16.6 Å². The first-order valence-corrected chi connectivity index (χ1v) is 5.94. The van der Waals surface area contributed by atoms with E-state index in [1.54, 1.807) is 0 Å². The largest absolute Gasteiger partial charge is 0.348 e. The molecule has 1 N–H and O–H groups in total. The number of aromatic nitrogens is 2. The molecule has 1 atom stereocenters. The lowest BCUT2D eigenvalue weighted by Crippen LogP contribution is -2.11. The van der Waals surface area contributed by atoms with Gasteiger partial charge >= 0.3 is 0 Å². The van der Waals surface area contributed by atoms with Gasteiger partial charge in [0.15, 0.2) is 0 Å². The first kappa shape index (κ1) is 11.9. The molecule has 2 aromatic rings. The summed E-state index contributed by atoms with van der Waals surface area (Å²) in [7, 11) is 1.98. The molecule has 17 heavy (non-hydrogen) atoms. The Morgan fingerprint density at radius 2 is 2.24 bits per heavy atom. The highest BCUT2D eigenvalue weighted by atomic mass is 15.0. The molecule has 3 nitrogen and oxygen atoms in total. The minimum Gasteiger partial charge on any atom is -0.348 e. The van der Waals surface area contributed by atoms with Gasteiger partial charge in [0.1, 0.15) is 0 Å². The van der Waals surface area contributed by atoms with Crippen molar-refractivity contribution < 1.29 is 0 Å². The summed E-state index contributed by atoms with van der Waals surface area (Å²) >= 11 is 0. The number of nitrogens with one attached hydrogen (secondary N) is 1. The molecule has 1 unspecified atom stereocenters. The maximum Gasteiger partial charge on any atom is 0.0645 e. The fraction of sp³-hybridized carbons (Fsp3) is 0.357. The molecule has 2 heterocycles. The molecule has 0 aliphatic carbocycles. The maximum absolute atomic E-state index is 4.41. The molecule has 0 fully saturated rings. The highest BCUT2D eigenvalue weighted by molar-refractivity contribution is 5.20. The lowest BCUT2D eigenvalue weighted by atomic mass is 10.2. The summed E-state index contributed by atoms with van der Waals surface area (Å²) in [5.41, 5.74) is 3.68. The Balaban J connectivity index is 2.14. The van der Waals surface area contributed by atoms with E-state index in [-0.39, 0.29) is 0 Å². The Bertz CT molecular complexity index is 488. The summed E-state index contributed by atoms with van der Waals surface area (Å²) in [4.78, 5) is 4.41. The van der Waals surface area contributed by atoms with Crippen LogP contribution in [0.3, 0.4) is 0 Å². The second-order valence-corrected chi connectivity index (χ2v) is 4.39. The second kappa shape index (κ2) is 5.15. The van der Waals surface area contributed by atoms with E-state index in [0.29, 0.717) is 6.04 Å². The monoisotopic (exact) mass is 229 g/mol. The molecule has 0 bridgehead atoms. The number of nitrogens with zero attached hydrogens (tertiary/aromatic N) is 2. The van der Waals surface area contributed by atoms with Crippen LogP contribution in [0.2, 0.25) is 0 Å². The van der Waals surface area contributed by atoms with Crippen LogP contribution in [0.15, 0.2) is 36.8 Å². The number of aryl methyl sites for hydroxylation is 1. The Morgan fingerprint density at radius 3 is 2.94 bits per heavy atom. The van der Waals surface area contributed by atoms with Gasteiger partial charge in [-0.3, -0.25) is 4.98 Å². The summed E-state index contributed by atoms with van der Waals surface area (Å²) in [5.74, 6) is 0. The van der Waals surface area contributed by atoms with E-state index >= 15 is 0 Å². The second-order valence-electron chi connectivity index (χ2n) is 4.39. The SMILES string of the molecule is CNC(C)c1ccn(Cc2ncccc2C)c1. The molecule has 90 valence electrons. The highest BCUT2D eigenvalue weighted by Crippen LogP contribution is 2.13. The van der Waals surface area contributed by atoms with Gasteiger partial charge < -0.3 is 9.88 Å². The summed E-state index contributed by atoms with van der Waals surface area (Å²) in [6, 6.07) is 6.62. The molecule has 0 aromatic carbocycles. The Labute approximate surface area is 103 Å². The number of hydrogen-bond donors (Lipinski definition) is 1. The third kappa shape index (κ3) is 2.74. The summed E-state index contributed by atoms with van der Waals surface area (Å²) < 4.78 is 2.18. The van der Waals surface area contributed by atoms with Crippen molar-refractivity contribution in [2.24, 2.45) is 0 Å². The van der Waals surface area contributed by atoms with E-state index in [1.807, 2.05) is 19.3 Å². The first-order valence-electron chi connectivity index (χ1n) is 5.94. The van der Waals surface area contributed by atoms with E-state index < -0.39 is 0 Å². The van der Waals surface area contributed by atoms with Crippen LogP contribution in [0.4, 0.5) is 0 Å². The lowest BCUT2D eigenvalue weighted by molar-refractivity contribution is 0.648. The van der Waals surface area contributed by atoms with Crippen molar-refractivity contribution in [3.05, 3.63) is 53.6 Å². The summed E-state index contributed by atoms with van der Waals surface area (Å²) in [6.07, 6.45) is 6.13. The van der Waals surface area contributed by atoms with Crippen LogP contribution in [0.5, 0.6) is 0 Å². The molecule has 3 heteroatoms. The molecular formula is C14H19N3. The van der Waals surface area contributed by atoms with Gasteiger partial charge in [-0.25, -0.2) is 0 Å². The van der Waals surface area contributed by atoms with Gasteiger partial charge in [0.25, 0.3) is 0 Å². The van der Waals surface area contributed by atoms with Crippen molar-refractivity contribution in [3.63, 3.8) is 0 Å². The van der Waals surface area contributed by atoms with Gasteiger partial charge in [0, 0.05) is 24.6 Å². The van der Waals surface area contributed by atoms with Crippen molar-refractivity contribution in [1.29, 1.82) is 0 Å². The van der Waals surface area contributed by atoms with E-state index in [4.69, 9.17) is 0 Å². The van der Waals surface area contributed by atoms with Crippen molar-refractivity contribution >= 4 is 0 Å². The van der Waals surface area contributed by atoms with Crippen LogP contribution < -0.4 is 5.32 Å². The van der Waals surface area contributed by atoms with Crippen LogP contribution in [0.1, 0.15) is 29.8 Å². The Kier molecular flexibility index (Phi) is 3.59. The predicted octanol–water partition coefficient (Wildman–Crippen LogP) is 2.52. The molecule has 2 rings (SSSR count). The van der Waals surface area contributed by atoms with Gasteiger partial charge in [0.05, 0.1) is 12.2 Å². The van der Waals surface area contributed by atoms with Gasteiger partial charge in [-0.2, -0.15) is 0 Å². The Morgan fingerprint density at radius 1 is 1.41 bits per heavy atom. The molecule has 2 aromatic heterocycles. The van der Waals surface area contributed by atoms with Crippen molar-refractivity contribution in [2.45, 2.75) is 26.4 Å². The molecule has 0 saturated carbocycles. The van der Waals surface area contributed by atoms with Gasteiger partial charge in [-0.15, -0.1) is 0 Å². The molecule has 0 spiro atoms. The third-order valence-electron chi connectivity index (χ3n) is 3.16. The molecule has 0 radical (unpaired) electrons. The topological polar surface area (TPSA) is 29.9 Å². The zero-order valence-corrected chi connectivity index (χ0v) is 10.6. The van der Waals surface area contributed by atoms with Crippen molar-refractivity contribution in [2.75, 3.05) is 7.05 Å². The first-order chi connectivity index (χ1) is 8.20. The van der Waals surface area contributed by atoms with Crippen LogP contribution in [0, 0.1) is 6.92 Å². The van der Waals surface area contributed by atoms with E-state index in [9.17, 15) is 0 Å². The molecule has 0 aliphatic heterocycles. The van der Waals surface area contributed by atoms with Gasteiger partial charge in [-0.1, -0.05) is 6.07 Å². The maximum atomic E-state index is 4.41. The van der Waals surface area contributed by atoms with Crippen molar-refractivity contribution in [1.82, 2.24) is 14.9 Å². The van der Waals surface area contributed by atoms with E-state index in [0.717, 1.165) is 12.2 Å². The predicted molar refractivity (Wildman–Crippen MR) is 70.0 cm³/mol. The fourth-order valence-electron chi connectivity index (χ4n) is 1.84. The quantitative estimate of drug-likeness (QED) is 0.873. The minimum absolute atomic E-state index is 0.390. The third-order valence-corrected chi connectivity index (χ3v) is 3.16. The zero-order chi connectivity index (χ0) is 12.3. The highest BCUT2D eigenvalue weighted by Gasteiger charge is 2.05. The number of hydrogen-bond acceptors (Lipinski definition) is 2. The minimum atomic E-state index is 0.390. The van der Waals surface area contributed by atoms with Gasteiger partial charge in [0.2, 0.25) is 0 Å². The molecule has 0 aliphatic rings. The van der Waals surface area contributed by atoms with Crippen LogP contribution in [0.25, 0.3) is 0 Å². The van der Waals surface area contributed by atoms with E-state index in [1.165, 1.54) is 11.1 Å². The van der Waals surface area contributed by atoms with Gasteiger partial charge in [-0.05, 0) is 44.2 Å². The number of rotatable bonds is 4. The fourth-order valence-corrected chi connectivity index (χ4v) is 1.84. The summed E-state index contributed by atoms with van der Waals surface area (Å²) in [6.45, 7) is 5.10. The van der Waals surface area contributed by atoms with Crippen LogP contribution in [-0.2, 0) is 6.54 Å². The number of pyridine rings is 1. The normalized spacial score (nSPS) is 12.6. The average molecular weight is 229 g/mol. The summed E-state index contributed by atoms with van der Waals surface area (Å²) in [5, 5.41) is 3.24.